The summed E-state index contributed by atoms with van der Waals surface area (Å²) in [4.78, 5) is 0. The molecule has 16 heavy (non-hydrogen) atoms. The highest BCUT2D eigenvalue weighted by Gasteiger charge is 2.49. The van der Waals surface area contributed by atoms with Crippen LogP contribution in [0.2, 0.25) is 0 Å². The first-order valence-electron chi connectivity index (χ1n) is 7.09. The molecule has 0 aromatic carbocycles. The van der Waals surface area contributed by atoms with E-state index in [1.54, 1.807) is 6.42 Å². The molecule has 4 aliphatic rings. The summed E-state index contributed by atoms with van der Waals surface area (Å²) in [6.07, 6.45) is 9.92. The molecule has 4 aliphatic carbocycles. The summed E-state index contributed by atoms with van der Waals surface area (Å²) in [5.74, 6) is 5.94. The van der Waals surface area contributed by atoms with Gasteiger partial charge >= 0.3 is 0 Å². The molecule has 4 bridgehead atoms. The van der Waals surface area contributed by atoms with E-state index >= 15 is 0 Å². The third-order valence-electron chi connectivity index (χ3n) is 5.54. The van der Waals surface area contributed by atoms with E-state index < -0.39 is 0 Å². The Labute approximate surface area is 99.7 Å². The van der Waals surface area contributed by atoms with Gasteiger partial charge in [-0.05, 0) is 74.7 Å². The molecule has 0 aromatic heterocycles. The Hall–Kier alpha value is -0.300. The molecule has 1 unspecified atom stereocenters. The van der Waals surface area contributed by atoms with Gasteiger partial charge in [-0.1, -0.05) is 6.08 Å². The van der Waals surface area contributed by atoms with Crippen molar-refractivity contribution >= 4 is 0 Å². The third-order valence-corrected chi connectivity index (χ3v) is 5.54. The normalized spacial score (nSPS) is 46.9. The Kier molecular flexibility index (Phi) is 2.83. The molecular formula is C15H25N. The Morgan fingerprint density at radius 2 is 1.69 bits per heavy atom. The minimum absolute atomic E-state index is 0.722. The second-order valence-corrected chi connectivity index (χ2v) is 6.47. The maximum absolute atomic E-state index is 4.07. The third kappa shape index (κ3) is 1.64. The van der Waals surface area contributed by atoms with Crippen molar-refractivity contribution in [2.45, 2.75) is 32.1 Å². The van der Waals surface area contributed by atoms with Crippen molar-refractivity contribution in [1.29, 1.82) is 0 Å². The standard InChI is InChI=1S/C15H25N/c1-3-12(9-16-2)15-13-5-10-4-11(7-13)8-14(15)6-10/h3,10-16H,1,4-9H2,2H3. The number of hydrogen-bond acceptors (Lipinski definition) is 1. The molecule has 0 radical (unpaired) electrons. The zero-order valence-corrected chi connectivity index (χ0v) is 10.5. The Balaban J connectivity index is 1.77. The van der Waals surface area contributed by atoms with Crippen molar-refractivity contribution in [2.24, 2.45) is 35.5 Å². The van der Waals surface area contributed by atoms with Gasteiger partial charge in [0.1, 0.15) is 0 Å². The second-order valence-electron chi connectivity index (χ2n) is 6.47. The molecule has 0 saturated heterocycles. The van der Waals surface area contributed by atoms with E-state index in [2.05, 4.69) is 25.0 Å². The van der Waals surface area contributed by atoms with Crippen molar-refractivity contribution in [3.05, 3.63) is 12.7 Å². The lowest BCUT2D eigenvalue weighted by molar-refractivity contribution is -0.0528. The molecule has 1 heteroatoms. The molecule has 0 heterocycles. The predicted molar refractivity (Wildman–Crippen MR) is 68.1 cm³/mol. The van der Waals surface area contributed by atoms with Crippen LogP contribution in [0.5, 0.6) is 0 Å². The van der Waals surface area contributed by atoms with Gasteiger partial charge < -0.3 is 5.32 Å². The first kappa shape index (κ1) is 10.8. The number of nitrogens with one attached hydrogen (secondary N) is 1. The van der Waals surface area contributed by atoms with Crippen LogP contribution in [-0.2, 0) is 0 Å². The minimum Gasteiger partial charge on any atom is -0.319 e. The lowest BCUT2D eigenvalue weighted by atomic mass is 9.49. The van der Waals surface area contributed by atoms with Crippen LogP contribution in [0, 0.1) is 35.5 Å². The van der Waals surface area contributed by atoms with Crippen LogP contribution in [0.1, 0.15) is 32.1 Å². The highest BCUT2D eigenvalue weighted by molar-refractivity contribution is 5.03. The Morgan fingerprint density at radius 3 is 2.12 bits per heavy atom. The maximum atomic E-state index is 4.07. The lowest BCUT2D eigenvalue weighted by Gasteiger charge is -2.56. The molecule has 0 aliphatic heterocycles. The summed E-state index contributed by atoms with van der Waals surface area (Å²) < 4.78 is 0. The zero-order valence-electron chi connectivity index (χ0n) is 10.5. The van der Waals surface area contributed by atoms with Gasteiger partial charge in [0.15, 0.2) is 0 Å². The molecule has 4 rings (SSSR count). The van der Waals surface area contributed by atoms with Crippen LogP contribution in [0.15, 0.2) is 12.7 Å². The first-order valence-corrected chi connectivity index (χ1v) is 7.09. The van der Waals surface area contributed by atoms with Gasteiger partial charge in [-0.2, -0.15) is 0 Å². The summed E-state index contributed by atoms with van der Waals surface area (Å²) in [7, 11) is 2.08. The van der Waals surface area contributed by atoms with Gasteiger partial charge in [-0.25, -0.2) is 0 Å². The highest BCUT2D eigenvalue weighted by atomic mass is 14.8. The lowest BCUT2D eigenvalue weighted by Crippen LogP contribution is -2.48. The molecular weight excluding hydrogens is 194 g/mol. The van der Waals surface area contributed by atoms with Gasteiger partial charge in [-0.3, -0.25) is 0 Å². The van der Waals surface area contributed by atoms with Gasteiger partial charge in [0.2, 0.25) is 0 Å². The summed E-state index contributed by atoms with van der Waals surface area (Å²) in [6.45, 7) is 5.21. The van der Waals surface area contributed by atoms with E-state index in [1.165, 1.54) is 25.7 Å². The van der Waals surface area contributed by atoms with Crippen molar-refractivity contribution in [3.63, 3.8) is 0 Å². The first-order chi connectivity index (χ1) is 7.81. The maximum Gasteiger partial charge on any atom is 0.00139 e. The van der Waals surface area contributed by atoms with Gasteiger partial charge in [0.05, 0.1) is 0 Å². The molecule has 1 N–H and O–H groups in total. The molecule has 4 saturated carbocycles. The van der Waals surface area contributed by atoms with Gasteiger partial charge in [0.25, 0.3) is 0 Å². The average molecular weight is 219 g/mol. The fourth-order valence-corrected chi connectivity index (χ4v) is 5.28. The van der Waals surface area contributed by atoms with E-state index in [9.17, 15) is 0 Å². The summed E-state index contributed by atoms with van der Waals surface area (Å²) in [5.41, 5.74) is 0. The topological polar surface area (TPSA) is 12.0 Å². The minimum atomic E-state index is 0.722. The second kappa shape index (κ2) is 4.18. The van der Waals surface area contributed by atoms with Crippen molar-refractivity contribution in [2.75, 3.05) is 13.6 Å². The van der Waals surface area contributed by atoms with E-state index in [0.29, 0.717) is 0 Å². The van der Waals surface area contributed by atoms with Crippen LogP contribution in [-0.4, -0.2) is 13.6 Å². The monoisotopic (exact) mass is 219 g/mol. The Bertz CT molecular complexity index is 243. The molecule has 0 aromatic rings. The van der Waals surface area contributed by atoms with Crippen molar-refractivity contribution in [3.8, 4) is 0 Å². The van der Waals surface area contributed by atoms with Crippen molar-refractivity contribution < 1.29 is 0 Å². The van der Waals surface area contributed by atoms with E-state index in [4.69, 9.17) is 0 Å². The van der Waals surface area contributed by atoms with Crippen molar-refractivity contribution in [1.82, 2.24) is 5.32 Å². The van der Waals surface area contributed by atoms with Gasteiger partial charge in [-0.15, -0.1) is 6.58 Å². The molecule has 1 nitrogen and oxygen atoms in total. The Morgan fingerprint density at radius 1 is 1.12 bits per heavy atom. The van der Waals surface area contributed by atoms with E-state index in [1.807, 2.05) is 0 Å². The van der Waals surface area contributed by atoms with Crippen LogP contribution in [0.3, 0.4) is 0 Å². The summed E-state index contributed by atoms with van der Waals surface area (Å²) >= 11 is 0. The average Bonchev–Trinajstić information content (AvgIpc) is 2.26. The largest absolute Gasteiger partial charge is 0.319 e. The SMILES string of the molecule is C=CC(CNC)C1C2CC3CC(C2)CC1C3. The molecule has 1 atom stereocenters. The van der Waals surface area contributed by atoms with E-state index in [0.717, 1.165) is 42.1 Å². The molecule has 4 fully saturated rings. The number of hydrogen-bond donors (Lipinski definition) is 1. The van der Waals surface area contributed by atoms with Crippen LogP contribution >= 0.6 is 0 Å². The van der Waals surface area contributed by atoms with E-state index in [-0.39, 0.29) is 0 Å². The quantitative estimate of drug-likeness (QED) is 0.717. The van der Waals surface area contributed by atoms with Gasteiger partial charge in [0, 0.05) is 6.54 Å². The fraction of sp³-hybridized carbons (Fsp3) is 0.867. The molecule has 0 spiro atoms. The summed E-state index contributed by atoms with van der Waals surface area (Å²) in [5, 5.41) is 3.36. The smallest absolute Gasteiger partial charge is 0.00139 e. The molecule has 90 valence electrons. The zero-order chi connectivity index (χ0) is 11.1. The van der Waals surface area contributed by atoms with Crippen LogP contribution in [0.25, 0.3) is 0 Å². The fourth-order valence-electron chi connectivity index (χ4n) is 5.28. The molecule has 0 amide bonds. The van der Waals surface area contributed by atoms with Crippen LogP contribution < -0.4 is 5.32 Å². The van der Waals surface area contributed by atoms with Crippen LogP contribution in [0.4, 0.5) is 0 Å². The summed E-state index contributed by atoms with van der Waals surface area (Å²) in [6, 6.07) is 0. The number of rotatable bonds is 4. The highest BCUT2D eigenvalue weighted by Crippen LogP contribution is 2.58. The predicted octanol–water partition coefficient (Wildman–Crippen LogP) is 3.08.